The molecule has 1 aliphatic rings. The van der Waals surface area contributed by atoms with Gasteiger partial charge in [0.1, 0.15) is 0 Å². The van der Waals surface area contributed by atoms with Crippen LogP contribution in [0.5, 0.6) is 0 Å². The van der Waals surface area contributed by atoms with E-state index in [-0.39, 0.29) is 6.61 Å². The molecular weight excluding hydrogens is 138 g/mol. The van der Waals surface area contributed by atoms with Crippen LogP contribution in [-0.4, -0.2) is 17.4 Å². The number of hydrogen-bond donors (Lipinski definition) is 1. The average Bonchev–Trinajstić information content (AvgIpc) is 2.46. The molecule has 0 aromatic heterocycles. The van der Waals surface area contributed by atoms with Gasteiger partial charge in [0.25, 0.3) is 0 Å². The van der Waals surface area contributed by atoms with Crippen LogP contribution in [0.25, 0.3) is 0 Å². The van der Waals surface area contributed by atoms with Crippen molar-refractivity contribution in [2.75, 3.05) is 6.61 Å². The molecule has 0 radical (unpaired) electrons. The van der Waals surface area contributed by atoms with Crippen molar-refractivity contribution in [3.8, 4) is 0 Å². The summed E-state index contributed by atoms with van der Waals surface area (Å²) < 4.78 is 0. The number of benzene rings is 1. The van der Waals surface area contributed by atoms with Crippen LogP contribution in [0.4, 0.5) is 5.69 Å². The maximum atomic E-state index is 8.81. The first kappa shape index (κ1) is 6.55. The largest absolute Gasteiger partial charge is 0.390 e. The minimum atomic E-state index is 0.0781. The minimum Gasteiger partial charge on any atom is -0.390 e. The number of aliphatic hydroxyl groups excluding tert-OH is 1. The van der Waals surface area contributed by atoms with Crippen molar-refractivity contribution >= 4 is 11.4 Å². The van der Waals surface area contributed by atoms with Gasteiger partial charge >= 0.3 is 0 Å². The van der Waals surface area contributed by atoms with E-state index in [1.807, 2.05) is 24.3 Å². The van der Waals surface area contributed by atoms with Crippen molar-refractivity contribution in [3.05, 3.63) is 29.8 Å². The molecule has 0 bridgehead atoms. The first-order chi connectivity index (χ1) is 5.40. The third kappa shape index (κ3) is 1.05. The molecule has 0 aliphatic carbocycles. The zero-order valence-electron chi connectivity index (χ0n) is 6.12. The fourth-order valence-electron chi connectivity index (χ4n) is 1.29. The lowest BCUT2D eigenvalue weighted by atomic mass is 10.1. The quantitative estimate of drug-likeness (QED) is 0.638. The van der Waals surface area contributed by atoms with Crippen molar-refractivity contribution in [3.63, 3.8) is 0 Å². The van der Waals surface area contributed by atoms with Crippen LogP contribution >= 0.6 is 0 Å². The number of para-hydroxylation sites is 1. The summed E-state index contributed by atoms with van der Waals surface area (Å²) in [6.07, 6.45) is 0.812. The van der Waals surface area contributed by atoms with Gasteiger partial charge in [0.2, 0.25) is 0 Å². The summed E-state index contributed by atoms with van der Waals surface area (Å²) in [5, 5.41) is 8.81. The topological polar surface area (TPSA) is 32.6 Å². The standard InChI is InChI=1S/C9H9NO/c11-6-8-5-7-3-1-2-4-9(7)10-8/h1-4,11H,5-6H2. The van der Waals surface area contributed by atoms with E-state index in [2.05, 4.69) is 4.99 Å². The van der Waals surface area contributed by atoms with Crippen LogP contribution in [0.1, 0.15) is 5.56 Å². The van der Waals surface area contributed by atoms with Gasteiger partial charge in [-0.3, -0.25) is 4.99 Å². The molecule has 1 aromatic rings. The number of aliphatic imine (C=N–C) groups is 1. The van der Waals surface area contributed by atoms with Crippen molar-refractivity contribution in [1.29, 1.82) is 0 Å². The summed E-state index contributed by atoms with van der Waals surface area (Å²) in [6.45, 7) is 0.0781. The molecule has 0 fully saturated rings. The summed E-state index contributed by atoms with van der Waals surface area (Å²) in [4.78, 5) is 4.24. The predicted molar refractivity (Wildman–Crippen MR) is 44.3 cm³/mol. The number of hydrogen-bond acceptors (Lipinski definition) is 2. The highest BCUT2D eigenvalue weighted by molar-refractivity contribution is 5.94. The third-order valence-corrected chi connectivity index (χ3v) is 1.85. The second-order valence-corrected chi connectivity index (χ2v) is 2.64. The third-order valence-electron chi connectivity index (χ3n) is 1.85. The second-order valence-electron chi connectivity index (χ2n) is 2.64. The summed E-state index contributed by atoms with van der Waals surface area (Å²) >= 11 is 0. The fourth-order valence-corrected chi connectivity index (χ4v) is 1.29. The molecule has 56 valence electrons. The molecule has 0 atom stereocenters. The molecule has 1 N–H and O–H groups in total. The van der Waals surface area contributed by atoms with Gasteiger partial charge in [-0.15, -0.1) is 0 Å². The molecule has 0 unspecified atom stereocenters. The summed E-state index contributed by atoms with van der Waals surface area (Å²) in [5.41, 5.74) is 3.10. The van der Waals surface area contributed by atoms with Gasteiger partial charge in [0.15, 0.2) is 0 Å². The Morgan fingerprint density at radius 1 is 1.36 bits per heavy atom. The van der Waals surface area contributed by atoms with Crippen LogP contribution in [0, 0.1) is 0 Å². The van der Waals surface area contributed by atoms with E-state index in [0.29, 0.717) is 0 Å². The molecule has 0 saturated heterocycles. The Morgan fingerprint density at radius 2 is 2.18 bits per heavy atom. The Hall–Kier alpha value is -1.15. The Labute approximate surface area is 65.2 Å². The van der Waals surface area contributed by atoms with Crippen LogP contribution in [-0.2, 0) is 6.42 Å². The zero-order chi connectivity index (χ0) is 7.68. The van der Waals surface area contributed by atoms with E-state index in [1.165, 1.54) is 5.56 Å². The summed E-state index contributed by atoms with van der Waals surface area (Å²) in [5.74, 6) is 0. The number of fused-ring (bicyclic) bond motifs is 1. The highest BCUT2D eigenvalue weighted by Crippen LogP contribution is 2.25. The monoisotopic (exact) mass is 147 g/mol. The van der Waals surface area contributed by atoms with Gasteiger partial charge in [-0.05, 0) is 11.6 Å². The Morgan fingerprint density at radius 3 is 2.91 bits per heavy atom. The van der Waals surface area contributed by atoms with Gasteiger partial charge in [-0.1, -0.05) is 18.2 Å². The number of aliphatic hydroxyl groups is 1. The first-order valence-corrected chi connectivity index (χ1v) is 3.65. The molecule has 2 nitrogen and oxygen atoms in total. The average molecular weight is 147 g/mol. The number of nitrogens with zero attached hydrogens (tertiary/aromatic N) is 1. The van der Waals surface area contributed by atoms with Crippen LogP contribution < -0.4 is 0 Å². The molecule has 1 aromatic carbocycles. The molecule has 0 saturated carbocycles. The maximum absolute atomic E-state index is 8.81. The van der Waals surface area contributed by atoms with Crippen molar-refractivity contribution in [1.82, 2.24) is 0 Å². The van der Waals surface area contributed by atoms with Gasteiger partial charge in [-0.2, -0.15) is 0 Å². The molecule has 2 rings (SSSR count). The Bertz CT molecular complexity index is 304. The van der Waals surface area contributed by atoms with Gasteiger partial charge in [-0.25, -0.2) is 0 Å². The second kappa shape index (κ2) is 2.47. The Kier molecular flexibility index (Phi) is 1.47. The van der Waals surface area contributed by atoms with E-state index >= 15 is 0 Å². The van der Waals surface area contributed by atoms with E-state index in [0.717, 1.165) is 17.8 Å². The predicted octanol–water partition coefficient (Wildman–Crippen LogP) is 1.31. The van der Waals surface area contributed by atoms with Gasteiger partial charge in [0, 0.05) is 12.1 Å². The lowest BCUT2D eigenvalue weighted by Crippen LogP contribution is -2.02. The summed E-state index contributed by atoms with van der Waals surface area (Å²) in [6, 6.07) is 7.97. The van der Waals surface area contributed by atoms with E-state index < -0.39 is 0 Å². The van der Waals surface area contributed by atoms with Gasteiger partial charge in [0.05, 0.1) is 12.3 Å². The molecule has 0 amide bonds. The lowest BCUT2D eigenvalue weighted by molar-refractivity contribution is 0.356. The minimum absolute atomic E-state index is 0.0781. The van der Waals surface area contributed by atoms with Crippen molar-refractivity contribution in [2.45, 2.75) is 6.42 Å². The maximum Gasteiger partial charge on any atom is 0.0817 e. The molecular formula is C9H9NO. The Balaban J connectivity index is 2.39. The molecule has 1 aliphatic heterocycles. The van der Waals surface area contributed by atoms with Crippen molar-refractivity contribution in [2.24, 2.45) is 4.99 Å². The first-order valence-electron chi connectivity index (χ1n) is 3.65. The molecule has 1 heterocycles. The molecule has 11 heavy (non-hydrogen) atoms. The lowest BCUT2D eigenvalue weighted by Gasteiger charge is -1.92. The van der Waals surface area contributed by atoms with E-state index in [9.17, 15) is 0 Å². The van der Waals surface area contributed by atoms with Crippen molar-refractivity contribution < 1.29 is 5.11 Å². The fraction of sp³-hybridized carbons (Fsp3) is 0.222. The van der Waals surface area contributed by atoms with Crippen LogP contribution in [0.3, 0.4) is 0 Å². The summed E-state index contributed by atoms with van der Waals surface area (Å²) in [7, 11) is 0. The van der Waals surface area contributed by atoms with Crippen LogP contribution in [0.2, 0.25) is 0 Å². The van der Waals surface area contributed by atoms with Gasteiger partial charge < -0.3 is 5.11 Å². The van der Waals surface area contributed by atoms with E-state index in [4.69, 9.17) is 5.11 Å². The van der Waals surface area contributed by atoms with Crippen LogP contribution in [0.15, 0.2) is 29.3 Å². The number of rotatable bonds is 1. The highest BCUT2D eigenvalue weighted by Gasteiger charge is 2.11. The molecule has 0 spiro atoms. The zero-order valence-corrected chi connectivity index (χ0v) is 6.12. The molecule has 2 heteroatoms. The smallest absolute Gasteiger partial charge is 0.0817 e. The van der Waals surface area contributed by atoms with E-state index in [1.54, 1.807) is 0 Å². The highest BCUT2D eigenvalue weighted by atomic mass is 16.3. The normalized spacial score (nSPS) is 14.5. The SMILES string of the molecule is OCC1=Nc2ccccc2C1.